The Morgan fingerprint density at radius 2 is 1.09 bits per heavy atom. The number of carbonyl (C=O) groups excluding carboxylic acids is 2. The van der Waals surface area contributed by atoms with Crippen molar-refractivity contribution in [2.45, 2.75) is 5.66 Å². The summed E-state index contributed by atoms with van der Waals surface area (Å²) in [5.74, 6) is -0.245. The number of esters is 1. The third kappa shape index (κ3) is 4.23. The molecule has 158 valence electrons. The Kier molecular flexibility index (Phi) is 6.80. The molecular formula is C27H21ClO3P+. The van der Waals surface area contributed by atoms with Crippen LogP contribution in [0, 0.1) is 0 Å². The average Bonchev–Trinajstić information content (AvgIpc) is 2.85. The minimum Gasteiger partial charge on any atom is -0.423 e. The smallest absolute Gasteiger partial charge is 0.361 e. The van der Waals surface area contributed by atoms with Gasteiger partial charge in [0.1, 0.15) is 28.9 Å². The minimum atomic E-state index is -2.73. The van der Waals surface area contributed by atoms with Crippen molar-refractivity contribution in [2.75, 3.05) is 0 Å². The maximum atomic E-state index is 13.5. The van der Waals surface area contributed by atoms with Gasteiger partial charge in [-0.05, 0) is 60.7 Å². The van der Waals surface area contributed by atoms with Crippen LogP contribution in [0.1, 0.15) is 0 Å². The van der Waals surface area contributed by atoms with Crippen LogP contribution in [0.15, 0.2) is 115 Å². The van der Waals surface area contributed by atoms with Crippen LogP contribution in [0.4, 0.5) is 0 Å². The van der Waals surface area contributed by atoms with Crippen molar-refractivity contribution >= 4 is 47.0 Å². The van der Waals surface area contributed by atoms with Crippen molar-refractivity contribution in [1.82, 2.24) is 0 Å². The van der Waals surface area contributed by atoms with E-state index in [2.05, 4.69) is 0 Å². The van der Waals surface area contributed by atoms with Gasteiger partial charge in [-0.3, -0.25) is 4.79 Å². The zero-order valence-corrected chi connectivity index (χ0v) is 18.8. The van der Waals surface area contributed by atoms with Crippen molar-refractivity contribution in [2.24, 2.45) is 0 Å². The first-order chi connectivity index (χ1) is 15.7. The zero-order chi connectivity index (χ0) is 22.4. The van der Waals surface area contributed by atoms with Gasteiger partial charge in [0.05, 0.1) is 0 Å². The van der Waals surface area contributed by atoms with E-state index in [9.17, 15) is 9.59 Å². The molecule has 0 bridgehead atoms. The average molecular weight is 460 g/mol. The van der Waals surface area contributed by atoms with Crippen LogP contribution >= 0.6 is 18.9 Å². The van der Waals surface area contributed by atoms with E-state index in [1.807, 2.05) is 91.0 Å². The fraction of sp³-hybridized carbons (Fsp3) is 0.0370. The van der Waals surface area contributed by atoms with Gasteiger partial charge in [-0.2, -0.15) is 0 Å². The Hall–Kier alpha value is -3.26. The van der Waals surface area contributed by atoms with Crippen LogP contribution in [0.25, 0.3) is 0 Å². The lowest BCUT2D eigenvalue weighted by atomic mass is 10.3. The molecule has 0 N–H and O–H groups in total. The molecule has 4 aromatic carbocycles. The van der Waals surface area contributed by atoms with Crippen LogP contribution in [0.2, 0.25) is 5.02 Å². The Balaban J connectivity index is 1.94. The highest BCUT2D eigenvalue weighted by molar-refractivity contribution is 7.97. The molecule has 4 aromatic rings. The standard InChI is InChI=1S/C27H21ClO3P/c28-21-16-18-22(19-17-21)31-27(30)26(20-29)32(23-10-4-1-5-11-23,24-12-6-2-7-13-24)25-14-8-3-9-15-25/h1-20,26H/q+1. The first-order valence-electron chi connectivity index (χ1n) is 10.1. The second kappa shape index (κ2) is 9.91. The van der Waals surface area contributed by atoms with Crippen LogP contribution in [-0.2, 0) is 9.59 Å². The Morgan fingerprint density at radius 1 is 0.688 bits per heavy atom. The fourth-order valence-electron chi connectivity index (χ4n) is 3.90. The molecule has 0 aromatic heterocycles. The number of hydrogen-bond donors (Lipinski definition) is 0. The summed E-state index contributed by atoms with van der Waals surface area (Å²) >= 11 is 5.96. The third-order valence-corrected chi connectivity index (χ3v) is 10.1. The number of aldehydes is 1. The van der Waals surface area contributed by atoms with Crippen molar-refractivity contribution in [3.63, 3.8) is 0 Å². The van der Waals surface area contributed by atoms with Gasteiger partial charge in [0.15, 0.2) is 6.29 Å². The molecule has 3 nitrogen and oxygen atoms in total. The van der Waals surface area contributed by atoms with Gasteiger partial charge in [-0.15, -0.1) is 0 Å². The van der Waals surface area contributed by atoms with Crippen LogP contribution in [0.5, 0.6) is 5.75 Å². The zero-order valence-electron chi connectivity index (χ0n) is 17.2. The predicted octanol–water partition coefficient (Wildman–Crippen LogP) is 4.81. The first kappa shape index (κ1) is 22.0. The van der Waals surface area contributed by atoms with Gasteiger partial charge < -0.3 is 4.74 Å². The van der Waals surface area contributed by atoms with E-state index in [0.717, 1.165) is 22.2 Å². The molecule has 0 saturated carbocycles. The molecule has 0 aliphatic carbocycles. The number of benzene rings is 4. The molecule has 0 amide bonds. The van der Waals surface area contributed by atoms with Crippen molar-refractivity contribution < 1.29 is 14.3 Å². The van der Waals surface area contributed by atoms with Crippen LogP contribution < -0.4 is 20.7 Å². The lowest BCUT2D eigenvalue weighted by Gasteiger charge is -2.30. The number of rotatable bonds is 7. The quantitative estimate of drug-likeness (QED) is 0.131. The summed E-state index contributed by atoms with van der Waals surface area (Å²) in [6.45, 7) is 0. The molecule has 0 aliphatic heterocycles. The summed E-state index contributed by atoms with van der Waals surface area (Å²) in [7, 11) is -2.73. The SMILES string of the molecule is O=CC(C(=O)Oc1ccc(Cl)cc1)[P+](c1ccccc1)(c1ccccc1)c1ccccc1. The molecule has 4 rings (SSSR count). The molecule has 0 radical (unpaired) electrons. The highest BCUT2D eigenvalue weighted by atomic mass is 35.5. The summed E-state index contributed by atoms with van der Waals surface area (Å²) < 4.78 is 5.69. The Labute approximate surface area is 193 Å². The van der Waals surface area contributed by atoms with E-state index in [0.29, 0.717) is 10.8 Å². The van der Waals surface area contributed by atoms with E-state index < -0.39 is 18.9 Å². The second-order valence-electron chi connectivity index (χ2n) is 7.19. The van der Waals surface area contributed by atoms with Gasteiger partial charge in [0.2, 0.25) is 5.66 Å². The van der Waals surface area contributed by atoms with E-state index in [4.69, 9.17) is 16.3 Å². The molecule has 32 heavy (non-hydrogen) atoms. The third-order valence-electron chi connectivity index (χ3n) is 5.31. The maximum Gasteiger partial charge on any atom is 0.361 e. The molecule has 5 heteroatoms. The number of carbonyl (C=O) groups is 2. The van der Waals surface area contributed by atoms with Gasteiger partial charge in [0, 0.05) is 5.02 Å². The second-order valence-corrected chi connectivity index (χ2v) is 11.2. The van der Waals surface area contributed by atoms with Crippen LogP contribution in [-0.4, -0.2) is 17.9 Å². The lowest BCUT2D eigenvalue weighted by molar-refractivity contribution is -0.135. The number of hydrogen-bond acceptors (Lipinski definition) is 3. The summed E-state index contributed by atoms with van der Waals surface area (Å²) in [5.41, 5.74) is -1.02. The lowest BCUT2D eigenvalue weighted by Crippen LogP contribution is -2.44. The molecule has 0 aliphatic rings. The summed E-state index contributed by atoms with van der Waals surface area (Å²) in [6.07, 6.45) is 0.735. The number of ether oxygens (including phenoxy) is 1. The van der Waals surface area contributed by atoms with Gasteiger partial charge >= 0.3 is 5.97 Å². The summed E-state index contributed by atoms with van der Waals surface area (Å²) in [4.78, 5) is 26.2. The summed E-state index contributed by atoms with van der Waals surface area (Å²) in [5, 5.41) is 3.34. The van der Waals surface area contributed by atoms with E-state index in [-0.39, 0.29) is 0 Å². The maximum absolute atomic E-state index is 13.5. The molecule has 1 unspecified atom stereocenters. The van der Waals surface area contributed by atoms with Gasteiger partial charge in [0.25, 0.3) is 0 Å². The van der Waals surface area contributed by atoms with E-state index in [1.54, 1.807) is 24.3 Å². The molecule has 1 atom stereocenters. The Morgan fingerprint density at radius 3 is 1.47 bits per heavy atom. The van der Waals surface area contributed by atoms with Crippen molar-refractivity contribution in [3.05, 3.63) is 120 Å². The van der Waals surface area contributed by atoms with Crippen molar-refractivity contribution in [3.8, 4) is 5.75 Å². The molecule has 0 spiro atoms. The molecule has 0 heterocycles. The predicted molar refractivity (Wildman–Crippen MR) is 132 cm³/mol. The van der Waals surface area contributed by atoms with Crippen molar-refractivity contribution in [1.29, 1.82) is 0 Å². The highest BCUT2D eigenvalue weighted by Gasteiger charge is 2.56. The number of halogens is 1. The normalized spacial score (nSPS) is 12.0. The Bertz CT molecular complexity index is 1080. The van der Waals surface area contributed by atoms with Gasteiger partial charge in [-0.25, -0.2) is 4.79 Å². The summed E-state index contributed by atoms with van der Waals surface area (Å²) in [6, 6.07) is 35.8. The fourth-order valence-corrected chi connectivity index (χ4v) is 8.37. The topological polar surface area (TPSA) is 43.4 Å². The van der Waals surface area contributed by atoms with Gasteiger partial charge in [-0.1, -0.05) is 66.2 Å². The molecule has 0 fully saturated rings. The first-order valence-corrected chi connectivity index (χ1v) is 12.4. The molecule has 0 saturated heterocycles. The van der Waals surface area contributed by atoms with E-state index >= 15 is 0 Å². The van der Waals surface area contributed by atoms with Crippen LogP contribution in [0.3, 0.4) is 0 Å². The largest absolute Gasteiger partial charge is 0.423 e. The highest BCUT2D eigenvalue weighted by Crippen LogP contribution is 2.59. The van der Waals surface area contributed by atoms with E-state index in [1.165, 1.54) is 0 Å². The monoisotopic (exact) mass is 459 g/mol. The molecular weight excluding hydrogens is 439 g/mol. The minimum absolute atomic E-state index is 0.346.